The first-order valence-electron chi connectivity index (χ1n) is 11.7. The molecule has 0 saturated heterocycles. The van der Waals surface area contributed by atoms with E-state index in [9.17, 15) is 19.5 Å². The molecule has 0 fully saturated rings. The zero-order valence-electron chi connectivity index (χ0n) is 21.1. The second kappa shape index (κ2) is 10.7. The van der Waals surface area contributed by atoms with Crippen molar-refractivity contribution in [3.63, 3.8) is 0 Å². The zero-order valence-corrected chi connectivity index (χ0v) is 22.6. The number of ketones is 2. The van der Waals surface area contributed by atoms with Gasteiger partial charge in [-0.25, -0.2) is 4.98 Å². The van der Waals surface area contributed by atoms with Gasteiger partial charge in [0.05, 0.1) is 11.1 Å². The summed E-state index contributed by atoms with van der Waals surface area (Å²) in [7, 11) is 1.47. The van der Waals surface area contributed by atoms with Gasteiger partial charge in [0.25, 0.3) is 0 Å². The number of likely N-dealkylation sites (N-methyl/N-ethyl adjacent to an activating group) is 1. The number of aromatic nitrogens is 1. The Morgan fingerprint density at radius 3 is 2.26 bits per heavy atom. The number of pyridine rings is 1. The van der Waals surface area contributed by atoms with Crippen LogP contribution < -0.4 is 10.6 Å². The number of halogens is 2. The van der Waals surface area contributed by atoms with E-state index in [1.807, 2.05) is 6.07 Å². The van der Waals surface area contributed by atoms with Crippen molar-refractivity contribution in [1.82, 2.24) is 10.3 Å². The topological polar surface area (TPSA) is 122 Å². The van der Waals surface area contributed by atoms with Gasteiger partial charge in [-0.05, 0) is 57.6 Å². The number of rotatable bonds is 8. The molecule has 2 aromatic carbocycles. The van der Waals surface area contributed by atoms with Gasteiger partial charge in [-0.2, -0.15) is 0 Å². The number of anilines is 1. The molecular formula is C28H25Cl2N3O5. The standard InChI is InChI=1S/C28H25Cl2N3O5/c1-14(34)21(31-4)26(36)32-23-19-13-18(15-9-11-16(29)12-10-15)22(17-7-5-6-8-20(17)30)33-27(19)38-24(23)25(35)28(2,3)37/h5-13,21,31,37H,1-4H3,(H,32,36). The molecule has 1 atom stereocenters. The number of hydrogen-bond donors (Lipinski definition) is 3. The smallest absolute Gasteiger partial charge is 0.249 e. The SMILES string of the molecule is CNC(C(C)=O)C(=O)Nc1c(C(=O)C(C)(C)O)oc2nc(-c3ccccc3Cl)c(-c3ccc(Cl)cc3)cc12. The van der Waals surface area contributed by atoms with E-state index in [2.05, 4.69) is 10.6 Å². The number of benzene rings is 2. The molecule has 0 bridgehead atoms. The zero-order chi connectivity index (χ0) is 27.8. The fraction of sp³-hybridized carbons (Fsp3) is 0.214. The maximum Gasteiger partial charge on any atom is 0.249 e. The van der Waals surface area contributed by atoms with Crippen molar-refractivity contribution >= 4 is 57.5 Å². The summed E-state index contributed by atoms with van der Waals surface area (Å²) in [5.74, 6) is -2.20. The van der Waals surface area contributed by atoms with Gasteiger partial charge in [0.2, 0.25) is 17.4 Å². The van der Waals surface area contributed by atoms with E-state index in [1.165, 1.54) is 27.8 Å². The van der Waals surface area contributed by atoms with E-state index < -0.39 is 29.1 Å². The molecule has 0 aliphatic carbocycles. The highest BCUT2D eigenvalue weighted by molar-refractivity contribution is 6.33. The number of carbonyl (C=O) groups is 3. The molecular weight excluding hydrogens is 529 g/mol. The highest BCUT2D eigenvalue weighted by Crippen LogP contribution is 2.41. The van der Waals surface area contributed by atoms with Crippen molar-refractivity contribution in [3.8, 4) is 22.4 Å². The van der Waals surface area contributed by atoms with Crippen molar-refractivity contribution in [1.29, 1.82) is 0 Å². The van der Waals surface area contributed by atoms with Gasteiger partial charge in [0.1, 0.15) is 17.3 Å². The average Bonchev–Trinajstić information content (AvgIpc) is 3.20. The van der Waals surface area contributed by atoms with Crippen LogP contribution in [0.1, 0.15) is 31.3 Å². The van der Waals surface area contributed by atoms with E-state index in [-0.39, 0.29) is 17.2 Å². The van der Waals surface area contributed by atoms with E-state index in [4.69, 9.17) is 32.6 Å². The van der Waals surface area contributed by atoms with Crippen LogP contribution in [0.5, 0.6) is 0 Å². The lowest BCUT2D eigenvalue weighted by molar-refractivity contribution is -0.127. The molecule has 2 aromatic heterocycles. The first kappa shape index (κ1) is 27.5. The summed E-state index contributed by atoms with van der Waals surface area (Å²) in [5.41, 5.74) is 0.653. The molecule has 0 saturated carbocycles. The molecule has 1 amide bonds. The van der Waals surface area contributed by atoms with Gasteiger partial charge in [0, 0.05) is 21.2 Å². The van der Waals surface area contributed by atoms with Crippen LogP contribution in [-0.4, -0.2) is 46.3 Å². The number of amides is 1. The number of nitrogens with one attached hydrogen (secondary N) is 2. The first-order valence-corrected chi connectivity index (χ1v) is 12.4. The molecule has 38 heavy (non-hydrogen) atoms. The summed E-state index contributed by atoms with van der Waals surface area (Å²) in [6.45, 7) is 3.89. The second-order valence-corrected chi connectivity index (χ2v) is 10.1. The first-order chi connectivity index (χ1) is 17.9. The number of carbonyl (C=O) groups excluding carboxylic acids is 3. The minimum Gasteiger partial charge on any atom is -0.432 e. The summed E-state index contributed by atoms with van der Waals surface area (Å²) in [4.78, 5) is 42.9. The lowest BCUT2D eigenvalue weighted by atomic mass is 9.97. The molecule has 0 spiro atoms. The van der Waals surface area contributed by atoms with E-state index >= 15 is 0 Å². The Labute approximate surface area is 229 Å². The van der Waals surface area contributed by atoms with Crippen molar-refractivity contribution in [2.75, 3.05) is 12.4 Å². The van der Waals surface area contributed by atoms with Crippen LogP contribution in [0.25, 0.3) is 33.5 Å². The van der Waals surface area contributed by atoms with Crippen LogP contribution in [0.2, 0.25) is 10.0 Å². The Kier molecular flexibility index (Phi) is 7.71. The molecule has 196 valence electrons. The van der Waals surface area contributed by atoms with Gasteiger partial charge < -0.3 is 20.2 Å². The lowest BCUT2D eigenvalue weighted by Crippen LogP contribution is -2.43. The van der Waals surface area contributed by atoms with Crippen molar-refractivity contribution in [2.24, 2.45) is 0 Å². The minimum absolute atomic E-state index is 0.00736. The Morgan fingerprint density at radius 2 is 1.68 bits per heavy atom. The normalized spacial score (nSPS) is 12.4. The van der Waals surface area contributed by atoms with Gasteiger partial charge in [-0.3, -0.25) is 14.4 Å². The summed E-state index contributed by atoms with van der Waals surface area (Å²) in [6, 6.07) is 14.7. The minimum atomic E-state index is -1.82. The molecule has 0 aliphatic rings. The summed E-state index contributed by atoms with van der Waals surface area (Å²) < 4.78 is 5.87. The largest absolute Gasteiger partial charge is 0.432 e. The van der Waals surface area contributed by atoms with Gasteiger partial charge in [-0.15, -0.1) is 0 Å². The van der Waals surface area contributed by atoms with E-state index in [0.717, 1.165) is 5.56 Å². The number of aliphatic hydroxyl groups is 1. The highest BCUT2D eigenvalue weighted by atomic mass is 35.5. The van der Waals surface area contributed by atoms with Gasteiger partial charge in [0.15, 0.2) is 11.5 Å². The number of furan rings is 1. The van der Waals surface area contributed by atoms with Crippen LogP contribution in [0.3, 0.4) is 0 Å². The molecule has 0 radical (unpaired) electrons. The maximum atomic E-state index is 13.2. The quantitative estimate of drug-likeness (QED) is 0.193. The van der Waals surface area contributed by atoms with Crippen LogP contribution in [-0.2, 0) is 9.59 Å². The van der Waals surface area contributed by atoms with Gasteiger partial charge >= 0.3 is 0 Å². The molecule has 8 nitrogen and oxygen atoms in total. The predicted molar refractivity (Wildman–Crippen MR) is 148 cm³/mol. The average molecular weight is 554 g/mol. The molecule has 10 heteroatoms. The molecule has 3 N–H and O–H groups in total. The monoisotopic (exact) mass is 553 g/mol. The van der Waals surface area contributed by atoms with Crippen LogP contribution >= 0.6 is 23.2 Å². The second-order valence-electron chi connectivity index (χ2n) is 9.24. The number of fused-ring (bicyclic) bond motifs is 1. The third kappa shape index (κ3) is 5.35. The van der Waals surface area contributed by atoms with Gasteiger partial charge in [-0.1, -0.05) is 53.5 Å². The third-order valence-corrected chi connectivity index (χ3v) is 6.52. The number of hydrogen-bond acceptors (Lipinski definition) is 7. The molecule has 4 aromatic rings. The molecule has 1 unspecified atom stereocenters. The maximum absolute atomic E-state index is 13.2. The third-order valence-electron chi connectivity index (χ3n) is 5.93. The summed E-state index contributed by atoms with van der Waals surface area (Å²) in [6.07, 6.45) is 0. The van der Waals surface area contributed by atoms with Crippen molar-refractivity contribution < 1.29 is 23.9 Å². The number of nitrogens with zero attached hydrogens (tertiary/aromatic N) is 1. The Morgan fingerprint density at radius 1 is 1.03 bits per heavy atom. The van der Waals surface area contributed by atoms with E-state index in [1.54, 1.807) is 48.5 Å². The number of Topliss-reactive ketones (excluding diaryl/α,β-unsaturated/α-hetero) is 2. The fourth-order valence-electron chi connectivity index (χ4n) is 4.01. The molecule has 0 aliphatic heterocycles. The molecule has 4 rings (SSSR count). The van der Waals surface area contributed by atoms with Crippen LogP contribution in [0.4, 0.5) is 5.69 Å². The molecule has 2 heterocycles. The van der Waals surface area contributed by atoms with Crippen molar-refractivity contribution in [2.45, 2.75) is 32.4 Å². The predicted octanol–water partition coefficient (Wildman–Crippen LogP) is 5.54. The Bertz CT molecular complexity index is 1560. The lowest BCUT2D eigenvalue weighted by Gasteiger charge is -2.16. The fourth-order valence-corrected chi connectivity index (χ4v) is 4.36. The Balaban J connectivity index is 2.04. The summed E-state index contributed by atoms with van der Waals surface area (Å²) >= 11 is 12.6. The van der Waals surface area contributed by atoms with Crippen LogP contribution in [0, 0.1) is 0 Å². The Hall–Kier alpha value is -3.56. The highest BCUT2D eigenvalue weighted by Gasteiger charge is 2.34. The van der Waals surface area contributed by atoms with Crippen molar-refractivity contribution in [3.05, 3.63) is 70.4 Å². The summed E-state index contributed by atoms with van der Waals surface area (Å²) in [5, 5.41) is 17.0. The van der Waals surface area contributed by atoms with E-state index in [0.29, 0.717) is 32.3 Å². The van der Waals surface area contributed by atoms with Crippen LogP contribution in [0.15, 0.2) is 59.0 Å².